The monoisotopic (exact) mass is 252 g/mol. The molecule has 102 valence electrons. The summed E-state index contributed by atoms with van der Waals surface area (Å²) in [4.78, 5) is 16.3. The van der Waals surface area contributed by atoms with Crippen molar-refractivity contribution in [2.45, 2.75) is 19.8 Å². The molecule has 0 spiro atoms. The van der Waals surface area contributed by atoms with E-state index in [0.717, 1.165) is 52.4 Å². The van der Waals surface area contributed by atoms with Crippen molar-refractivity contribution in [2.75, 3.05) is 45.9 Å². The van der Waals surface area contributed by atoms with Crippen molar-refractivity contribution in [3.05, 3.63) is 12.2 Å². The average molecular weight is 252 g/mol. The van der Waals surface area contributed by atoms with E-state index < -0.39 is 0 Å². The number of morpholine rings is 1. The van der Waals surface area contributed by atoms with E-state index in [1.54, 1.807) is 6.08 Å². The second-order valence-electron chi connectivity index (χ2n) is 5.35. The van der Waals surface area contributed by atoms with Gasteiger partial charge in [0.05, 0.1) is 13.2 Å². The first-order valence-electron chi connectivity index (χ1n) is 7.01. The number of hydrogen-bond acceptors (Lipinski definition) is 3. The van der Waals surface area contributed by atoms with Gasteiger partial charge < -0.3 is 9.64 Å². The molecule has 4 nitrogen and oxygen atoms in total. The molecule has 0 saturated carbocycles. The Morgan fingerprint density at radius 2 is 2.11 bits per heavy atom. The van der Waals surface area contributed by atoms with E-state index in [0.29, 0.717) is 5.92 Å². The number of likely N-dealkylation sites (tertiary alicyclic amines) is 1. The van der Waals surface area contributed by atoms with Crippen LogP contribution in [0.4, 0.5) is 0 Å². The zero-order chi connectivity index (χ0) is 12.8. The van der Waals surface area contributed by atoms with Crippen molar-refractivity contribution in [3.63, 3.8) is 0 Å². The van der Waals surface area contributed by atoms with Crippen LogP contribution in [-0.2, 0) is 9.53 Å². The molecule has 1 unspecified atom stereocenters. The SMILES string of the molecule is CC1CCCN(C(=O)/C=C/CN2CCOCC2)C1. The lowest BCUT2D eigenvalue weighted by molar-refractivity contribution is -0.127. The summed E-state index contributed by atoms with van der Waals surface area (Å²) in [7, 11) is 0. The quantitative estimate of drug-likeness (QED) is 0.706. The van der Waals surface area contributed by atoms with Gasteiger partial charge in [0.1, 0.15) is 0 Å². The first kappa shape index (κ1) is 13.6. The molecule has 0 radical (unpaired) electrons. The average Bonchev–Trinajstić information content (AvgIpc) is 2.40. The summed E-state index contributed by atoms with van der Waals surface area (Å²) >= 11 is 0. The summed E-state index contributed by atoms with van der Waals surface area (Å²) in [5.74, 6) is 0.824. The number of carbonyl (C=O) groups is 1. The van der Waals surface area contributed by atoms with Gasteiger partial charge in [0, 0.05) is 38.8 Å². The molecular weight excluding hydrogens is 228 g/mol. The van der Waals surface area contributed by atoms with Crippen molar-refractivity contribution in [1.29, 1.82) is 0 Å². The molecule has 2 fully saturated rings. The third-order valence-corrected chi connectivity index (χ3v) is 3.70. The molecule has 0 aromatic carbocycles. The number of piperidine rings is 1. The van der Waals surface area contributed by atoms with Gasteiger partial charge in [0.15, 0.2) is 0 Å². The van der Waals surface area contributed by atoms with E-state index in [4.69, 9.17) is 4.74 Å². The minimum atomic E-state index is 0.176. The Kier molecular flexibility index (Phi) is 5.20. The number of rotatable bonds is 3. The second kappa shape index (κ2) is 6.90. The Labute approximate surface area is 110 Å². The lowest BCUT2D eigenvalue weighted by Gasteiger charge is -2.30. The molecule has 0 aromatic rings. The van der Waals surface area contributed by atoms with Gasteiger partial charge in [-0.3, -0.25) is 9.69 Å². The van der Waals surface area contributed by atoms with Crippen molar-refractivity contribution in [2.24, 2.45) is 5.92 Å². The first-order chi connectivity index (χ1) is 8.75. The Bertz CT molecular complexity index is 298. The van der Waals surface area contributed by atoms with Crippen LogP contribution in [0.1, 0.15) is 19.8 Å². The predicted molar refractivity (Wildman–Crippen MR) is 71.4 cm³/mol. The molecule has 2 heterocycles. The molecular formula is C14H24N2O2. The van der Waals surface area contributed by atoms with Crippen molar-refractivity contribution in [3.8, 4) is 0 Å². The van der Waals surface area contributed by atoms with Crippen molar-refractivity contribution in [1.82, 2.24) is 9.80 Å². The van der Waals surface area contributed by atoms with Crippen LogP contribution in [0.25, 0.3) is 0 Å². The van der Waals surface area contributed by atoms with Crippen LogP contribution in [0, 0.1) is 5.92 Å². The predicted octanol–water partition coefficient (Wildman–Crippen LogP) is 1.13. The highest BCUT2D eigenvalue weighted by Crippen LogP contribution is 2.15. The van der Waals surface area contributed by atoms with Gasteiger partial charge in [-0.15, -0.1) is 0 Å². The third kappa shape index (κ3) is 4.10. The van der Waals surface area contributed by atoms with Crippen LogP contribution in [0.15, 0.2) is 12.2 Å². The molecule has 18 heavy (non-hydrogen) atoms. The summed E-state index contributed by atoms with van der Waals surface area (Å²) in [6.45, 7) is 8.48. The van der Waals surface area contributed by atoms with Gasteiger partial charge in [-0.25, -0.2) is 0 Å². The van der Waals surface area contributed by atoms with E-state index in [1.165, 1.54) is 6.42 Å². The smallest absolute Gasteiger partial charge is 0.246 e. The first-order valence-corrected chi connectivity index (χ1v) is 7.01. The number of ether oxygens (including phenoxy) is 1. The van der Waals surface area contributed by atoms with Crippen LogP contribution < -0.4 is 0 Å². The Morgan fingerprint density at radius 1 is 1.33 bits per heavy atom. The number of amides is 1. The molecule has 0 bridgehead atoms. The minimum Gasteiger partial charge on any atom is -0.379 e. The Morgan fingerprint density at radius 3 is 2.83 bits per heavy atom. The Hall–Kier alpha value is -0.870. The van der Waals surface area contributed by atoms with Crippen molar-refractivity contribution >= 4 is 5.91 Å². The van der Waals surface area contributed by atoms with Crippen LogP contribution >= 0.6 is 0 Å². The summed E-state index contributed by atoms with van der Waals surface area (Å²) < 4.78 is 5.29. The van der Waals surface area contributed by atoms with Gasteiger partial charge in [-0.05, 0) is 18.8 Å². The van der Waals surface area contributed by atoms with E-state index in [-0.39, 0.29) is 5.91 Å². The molecule has 2 aliphatic rings. The Balaban J connectivity index is 1.72. The maximum absolute atomic E-state index is 12.0. The molecule has 2 rings (SSSR count). The number of nitrogens with zero attached hydrogens (tertiary/aromatic N) is 2. The van der Waals surface area contributed by atoms with Crippen LogP contribution in [0.3, 0.4) is 0 Å². The molecule has 1 atom stereocenters. The fraction of sp³-hybridized carbons (Fsp3) is 0.786. The summed E-state index contributed by atoms with van der Waals surface area (Å²) in [6.07, 6.45) is 6.13. The summed E-state index contributed by atoms with van der Waals surface area (Å²) in [5, 5.41) is 0. The lowest BCUT2D eigenvalue weighted by Crippen LogP contribution is -2.38. The van der Waals surface area contributed by atoms with Gasteiger partial charge >= 0.3 is 0 Å². The van der Waals surface area contributed by atoms with Crippen LogP contribution in [-0.4, -0.2) is 61.6 Å². The zero-order valence-electron chi connectivity index (χ0n) is 11.3. The second-order valence-corrected chi connectivity index (χ2v) is 5.35. The fourth-order valence-corrected chi connectivity index (χ4v) is 2.58. The minimum absolute atomic E-state index is 0.176. The molecule has 2 saturated heterocycles. The van der Waals surface area contributed by atoms with Gasteiger partial charge in [0.2, 0.25) is 5.91 Å². The summed E-state index contributed by atoms with van der Waals surface area (Å²) in [6, 6.07) is 0. The van der Waals surface area contributed by atoms with Gasteiger partial charge in [0.25, 0.3) is 0 Å². The largest absolute Gasteiger partial charge is 0.379 e. The van der Waals surface area contributed by atoms with E-state index in [1.807, 2.05) is 11.0 Å². The van der Waals surface area contributed by atoms with E-state index >= 15 is 0 Å². The normalized spacial score (nSPS) is 26.7. The fourth-order valence-electron chi connectivity index (χ4n) is 2.58. The third-order valence-electron chi connectivity index (χ3n) is 3.70. The maximum Gasteiger partial charge on any atom is 0.246 e. The topological polar surface area (TPSA) is 32.8 Å². The maximum atomic E-state index is 12.0. The highest BCUT2D eigenvalue weighted by molar-refractivity contribution is 5.87. The van der Waals surface area contributed by atoms with Crippen molar-refractivity contribution < 1.29 is 9.53 Å². The zero-order valence-corrected chi connectivity index (χ0v) is 11.3. The van der Waals surface area contributed by atoms with Crippen LogP contribution in [0.5, 0.6) is 0 Å². The van der Waals surface area contributed by atoms with Gasteiger partial charge in [-0.2, -0.15) is 0 Å². The van der Waals surface area contributed by atoms with E-state index in [2.05, 4.69) is 11.8 Å². The highest BCUT2D eigenvalue weighted by Gasteiger charge is 2.19. The number of carbonyl (C=O) groups excluding carboxylic acids is 1. The molecule has 0 aromatic heterocycles. The molecule has 0 N–H and O–H groups in total. The van der Waals surface area contributed by atoms with Crippen LogP contribution in [0.2, 0.25) is 0 Å². The van der Waals surface area contributed by atoms with E-state index in [9.17, 15) is 4.79 Å². The lowest BCUT2D eigenvalue weighted by atomic mass is 10.0. The number of hydrogen-bond donors (Lipinski definition) is 0. The summed E-state index contributed by atoms with van der Waals surface area (Å²) in [5.41, 5.74) is 0. The highest BCUT2D eigenvalue weighted by atomic mass is 16.5. The molecule has 4 heteroatoms. The standard InChI is InChI=1S/C14H24N2O2/c1-13-4-2-7-16(12-13)14(17)5-3-6-15-8-10-18-11-9-15/h3,5,13H,2,4,6-12H2,1H3/b5-3+. The molecule has 0 aliphatic carbocycles. The molecule has 1 amide bonds. The van der Waals surface area contributed by atoms with Gasteiger partial charge in [-0.1, -0.05) is 13.0 Å². The molecule has 2 aliphatic heterocycles.